The normalized spacial score (nSPS) is 12.0. The summed E-state index contributed by atoms with van der Waals surface area (Å²) in [6.45, 7) is 4.09. The predicted molar refractivity (Wildman–Crippen MR) is 81.3 cm³/mol. The minimum atomic E-state index is -0.721. The molecule has 0 heterocycles. The molecule has 2 rings (SSSR count). The van der Waals surface area contributed by atoms with E-state index in [1.54, 1.807) is 24.3 Å². The Morgan fingerprint density at radius 2 is 1.86 bits per heavy atom. The number of carbonyl (C=O) groups is 1. The molecule has 4 heteroatoms. The fourth-order valence-electron chi connectivity index (χ4n) is 2.21. The van der Waals surface area contributed by atoms with E-state index in [4.69, 9.17) is 10.5 Å². The Morgan fingerprint density at radius 1 is 1.19 bits per heavy atom. The van der Waals surface area contributed by atoms with Crippen molar-refractivity contribution in [3.8, 4) is 5.75 Å². The Hall–Kier alpha value is -2.33. The molecule has 0 radical (unpaired) electrons. The SMILES string of the molecule is Cc1cc(C)cc(C(O)COc2cccc(C(N)=O)c2)c1. The molecule has 2 aromatic carbocycles. The standard InChI is InChI=1S/C17H19NO3/c1-11-6-12(2)8-14(7-11)16(19)10-21-15-5-3-4-13(9-15)17(18)20/h3-9,16,19H,10H2,1-2H3,(H2,18,20). The third kappa shape index (κ3) is 4.07. The monoisotopic (exact) mass is 285 g/mol. The van der Waals surface area contributed by atoms with Crippen LogP contribution in [0.15, 0.2) is 42.5 Å². The fraction of sp³-hybridized carbons (Fsp3) is 0.235. The van der Waals surface area contributed by atoms with Gasteiger partial charge in [0.25, 0.3) is 0 Å². The molecule has 0 aromatic heterocycles. The molecule has 110 valence electrons. The average Bonchev–Trinajstić information content (AvgIpc) is 2.44. The van der Waals surface area contributed by atoms with E-state index in [1.165, 1.54) is 0 Å². The van der Waals surface area contributed by atoms with E-state index in [9.17, 15) is 9.90 Å². The topological polar surface area (TPSA) is 72.6 Å². The van der Waals surface area contributed by atoms with Gasteiger partial charge in [-0.1, -0.05) is 35.4 Å². The van der Waals surface area contributed by atoms with E-state index in [1.807, 2.05) is 32.0 Å². The lowest BCUT2D eigenvalue weighted by Gasteiger charge is -2.14. The molecular weight excluding hydrogens is 266 g/mol. The van der Waals surface area contributed by atoms with Gasteiger partial charge in [0.2, 0.25) is 5.91 Å². The summed E-state index contributed by atoms with van der Waals surface area (Å²) in [5.41, 5.74) is 8.61. The summed E-state index contributed by atoms with van der Waals surface area (Å²) in [5.74, 6) is 0.00466. The highest BCUT2D eigenvalue weighted by molar-refractivity contribution is 5.93. The van der Waals surface area contributed by atoms with Crippen molar-refractivity contribution in [1.82, 2.24) is 0 Å². The van der Waals surface area contributed by atoms with Crippen LogP contribution in [0.5, 0.6) is 5.75 Å². The van der Waals surface area contributed by atoms with Crippen LogP contribution in [0.3, 0.4) is 0 Å². The zero-order valence-electron chi connectivity index (χ0n) is 12.2. The van der Waals surface area contributed by atoms with Gasteiger partial charge in [-0.15, -0.1) is 0 Å². The molecule has 0 saturated heterocycles. The zero-order chi connectivity index (χ0) is 15.4. The smallest absolute Gasteiger partial charge is 0.248 e. The first-order chi connectivity index (χ1) is 9.95. The molecular formula is C17H19NO3. The first-order valence-electron chi connectivity index (χ1n) is 6.74. The minimum Gasteiger partial charge on any atom is -0.491 e. The highest BCUT2D eigenvalue weighted by Gasteiger charge is 2.10. The van der Waals surface area contributed by atoms with Gasteiger partial charge in [-0.05, 0) is 37.6 Å². The summed E-state index contributed by atoms with van der Waals surface area (Å²) >= 11 is 0. The predicted octanol–water partition coefficient (Wildman–Crippen LogP) is 2.51. The summed E-state index contributed by atoms with van der Waals surface area (Å²) in [7, 11) is 0. The van der Waals surface area contributed by atoms with Gasteiger partial charge in [-0.3, -0.25) is 4.79 Å². The van der Waals surface area contributed by atoms with Crippen molar-refractivity contribution in [2.75, 3.05) is 6.61 Å². The van der Waals surface area contributed by atoms with Crippen LogP contribution < -0.4 is 10.5 Å². The number of nitrogens with two attached hydrogens (primary N) is 1. The van der Waals surface area contributed by atoms with Crippen LogP contribution in [0.25, 0.3) is 0 Å². The van der Waals surface area contributed by atoms with Gasteiger partial charge in [-0.2, -0.15) is 0 Å². The lowest BCUT2D eigenvalue weighted by atomic mass is 10.0. The van der Waals surface area contributed by atoms with E-state index in [-0.39, 0.29) is 6.61 Å². The molecule has 1 unspecified atom stereocenters. The van der Waals surface area contributed by atoms with Gasteiger partial charge in [0.15, 0.2) is 0 Å². The molecule has 2 aromatic rings. The maximum Gasteiger partial charge on any atom is 0.248 e. The molecule has 0 aliphatic carbocycles. The first-order valence-corrected chi connectivity index (χ1v) is 6.74. The molecule has 0 spiro atoms. The lowest BCUT2D eigenvalue weighted by Crippen LogP contribution is -2.12. The van der Waals surface area contributed by atoms with Crippen molar-refractivity contribution in [1.29, 1.82) is 0 Å². The van der Waals surface area contributed by atoms with E-state index < -0.39 is 12.0 Å². The highest BCUT2D eigenvalue weighted by Crippen LogP contribution is 2.19. The second-order valence-electron chi connectivity index (χ2n) is 5.14. The van der Waals surface area contributed by atoms with Crippen molar-refractivity contribution < 1.29 is 14.6 Å². The lowest BCUT2D eigenvalue weighted by molar-refractivity contribution is 0.0997. The maximum atomic E-state index is 11.1. The second kappa shape index (κ2) is 6.41. The number of aliphatic hydroxyl groups excluding tert-OH is 1. The quantitative estimate of drug-likeness (QED) is 0.886. The Balaban J connectivity index is 2.05. The van der Waals surface area contributed by atoms with Crippen molar-refractivity contribution in [2.24, 2.45) is 5.73 Å². The van der Waals surface area contributed by atoms with Crippen LogP contribution in [-0.4, -0.2) is 17.6 Å². The molecule has 0 fully saturated rings. The molecule has 1 amide bonds. The van der Waals surface area contributed by atoms with Gasteiger partial charge in [0.05, 0.1) is 0 Å². The summed E-state index contributed by atoms with van der Waals surface area (Å²) in [6.07, 6.45) is -0.721. The van der Waals surface area contributed by atoms with Gasteiger partial charge >= 0.3 is 0 Å². The summed E-state index contributed by atoms with van der Waals surface area (Å²) in [4.78, 5) is 11.1. The van der Waals surface area contributed by atoms with Crippen LogP contribution in [-0.2, 0) is 0 Å². The van der Waals surface area contributed by atoms with Gasteiger partial charge in [-0.25, -0.2) is 0 Å². The second-order valence-corrected chi connectivity index (χ2v) is 5.14. The molecule has 0 bridgehead atoms. The van der Waals surface area contributed by atoms with E-state index in [2.05, 4.69) is 0 Å². The van der Waals surface area contributed by atoms with Crippen LogP contribution in [0.1, 0.15) is 33.2 Å². The van der Waals surface area contributed by atoms with Crippen LogP contribution in [0.4, 0.5) is 0 Å². The van der Waals surface area contributed by atoms with Crippen LogP contribution >= 0.6 is 0 Å². The molecule has 0 saturated carbocycles. The van der Waals surface area contributed by atoms with Crippen molar-refractivity contribution in [3.05, 3.63) is 64.7 Å². The molecule has 3 N–H and O–H groups in total. The number of ether oxygens (including phenoxy) is 1. The maximum absolute atomic E-state index is 11.1. The Bertz CT molecular complexity index is 632. The number of hydrogen-bond acceptors (Lipinski definition) is 3. The van der Waals surface area contributed by atoms with E-state index in [0.29, 0.717) is 11.3 Å². The van der Waals surface area contributed by atoms with Crippen molar-refractivity contribution in [2.45, 2.75) is 20.0 Å². The van der Waals surface area contributed by atoms with Gasteiger partial charge in [0.1, 0.15) is 18.5 Å². The largest absolute Gasteiger partial charge is 0.491 e. The fourth-order valence-corrected chi connectivity index (χ4v) is 2.21. The molecule has 0 aliphatic heterocycles. The van der Waals surface area contributed by atoms with Gasteiger partial charge in [0, 0.05) is 5.56 Å². The Morgan fingerprint density at radius 3 is 2.48 bits per heavy atom. The number of benzene rings is 2. The summed E-state index contributed by atoms with van der Waals surface area (Å²) in [5, 5.41) is 10.2. The number of aryl methyl sites for hydroxylation is 2. The number of aliphatic hydroxyl groups is 1. The average molecular weight is 285 g/mol. The van der Waals surface area contributed by atoms with Crippen molar-refractivity contribution in [3.63, 3.8) is 0 Å². The number of hydrogen-bond donors (Lipinski definition) is 2. The van der Waals surface area contributed by atoms with E-state index >= 15 is 0 Å². The number of amides is 1. The summed E-state index contributed by atoms with van der Waals surface area (Å²) in [6, 6.07) is 12.5. The number of carbonyl (C=O) groups excluding carboxylic acids is 1. The number of primary amides is 1. The minimum absolute atomic E-state index is 0.116. The Kier molecular flexibility index (Phi) is 4.60. The van der Waals surface area contributed by atoms with Gasteiger partial charge < -0.3 is 15.6 Å². The van der Waals surface area contributed by atoms with Crippen LogP contribution in [0, 0.1) is 13.8 Å². The first kappa shape index (κ1) is 15.1. The highest BCUT2D eigenvalue weighted by atomic mass is 16.5. The third-order valence-electron chi connectivity index (χ3n) is 3.16. The summed E-state index contributed by atoms with van der Waals surface area (Å²) < 4.78 is 5.53. The molecule has 21 heavy (non-hydrogen) atoms. The number of rotatable bonds is 5. The van der Waals surface area contributed by atoms with Crippen LogP contribution in [0.2, 0.25) is 0 Å². The Labute approximate surface area is 124 Å². The molecule has 0 aliphatic rings. The molecule has 1 atom stereocenters. The molecule has 4 nitrogen and oxygen atoms in total. The third-order valence-corrected chi connectivity index (χ3v) is 3.16. The van der Waals surface area contributed by atoms with E-state index in [0.717, 1.165) is 16.7 Å². The van der Waals surface area contributed by atoms with Crippen molar-refractivity contribution >= 4 is 5.91 Å². The zero-order valence-corrected chi connectivity index (χ0v) is 12.2.